The molecule has 7 nitrogen and oxygen atoms in total. The van der Waals surface area contributed by atoms with E-state index in [0.717, 1.165) is 4.90 Å². The standard InChI is InChI=1S/C20H16Cl2N2O5/c1-3-29-17-15(21)9-11(10-16(17)22)8-14-18(25)23-20(27)24(19(14)26)12-4-6-13(28-2)7-5-12/h4-10H,3H2,1-2H3,(H,23,25,27)/b14-8+. The van der Waals surface area contributed by atoms with Crippen LogP contribution in [0.1, 0.15) is 12.5 Å². The summed E-state index contributed by atoms with van der Waals surface area (Å²) in [7, 11) is 1.50. The minimum Gasteiger partial charge on any atom is -0.497 e. The third-order valence-electron chi connectivity index (χ3n) is 4.05. The van der Waals surface area contributed by atoms with Crippen molar-refractivity contribution in [3.8, 4) is 11.5 Å². The number of anilines is 1. The summed E-state index contributed by atoms with van der Waals surface area (Å²) in [4.78, 5) is 38.3. The lowest BCUT2D eigenvalue weighted by Crippen LogP contribution is -2.54. The van der Waals surface area contributed by atoms with Crippen molar-refractivity contribution in [2.45, 2.75) is 6.92 Å². The first-order valence-electron chi connectivity index (χ1n) is 8.53. The van der Waals surface area contributed by atoms with E-state index in [1.807, 2.05) is 0 Å². The molecule has 1 aliphatic heterocycles. The fourth-order valence-corrected chi connectivity index (χ4v) is 3.35. The van der Waals surface area contributed by atoms with Crippen LogP contribution in [-0.2, 0) is 9.59 Å². The molecule has 0 spiro atoms. The summed E-state index contributed by atoms with van der Waals surface area (Å²) in [6.45, 7) is 2.16. The molecule has 1 heterocycles. The maximum Gasteiger partial charge on any atom is 0.335 e. The highest BCUT2D eigenvalue weighted by Gasteiger charge is 2.36. The maximum atomic E-state index is 12.9. The Bertz CT molecular complexity index is 995. The van der Waals surface area contributed by atoms with E-state index in [-0.39, 0.29) is 21.3 Å². The Balaban J connectivity index is 1.99. The monoisotopic (exact) mass is 434 g/mol. The van der Waals surface area contributed by atoms with Gasteiger partial charge in [0.25, 0.3) is 11.8 Å². The largest absolute Gasteiger partial charge is 0.497 e. The fourth-order valence-electron chi connectivity index (χ4n) is 2.73. The molecule has 1 aliphatic rings. The van der Waals surface area contributed by atoms with E-state index in [1.165, 1.54) is 37.5 Å². The van der Waals surface area contributed by atoms with Crippen LogP contribution < -0.4 is 19.7 Å². The summed E-state index contributed by atoms with van der Waals surface area (Å²) < 4.78 is 10.4. The third-order valence-corrected chi connectivity index (χ3v) is 4.61. The number of halogens is 2. The van der Waals surface area contributed by atoms with Gasteiger partial charge in [0, 0.05) is 0 Å². The number of imide groups is 2. The van der Waals surface area contributed by atoms with Crippen LogP contribution in [0.3, 0.4) is 0 Å². The van der Waals surface area contributed by atoms with Gasteiger partial charge in [0.1, 0.15) is 11.3 Å². The van der Waals surface area contributed by atoms with Gasteiger partial charge in [-0.3, -0.25) is 14.9 Å². The summed E-state index contributed by atoms with van der Waals surface area (Å²) in [5.41, 5.74) is 0.456. The van der Waals surface area contributed by atoms with Crippen LogP contribution in [0, 0.1) is 0 Å². The summed E-state index contributed by atoms with van der Waals surface area (Å²) >= 11 is 12.4. The molecule has 1 fully saturated rings. The molecule has 0 aliphatic carbocycles. The lowest BCUT2D eigenvalue weighted by atomic mass is 10.1. The van der Waals surface area contributed by atoms with Crippen LogP contribution >= 0.6 is 23.2 Å². The van der Waals surface area contributed by atoms with Crippen LogP contribution in [0.2, 0.25) is 10.0 Å². The van der Waals surface area contributed by atoms with Gasteiger partial charge >= 0.3 is 6.03 Å². The van der Waals surface area contributed by atoms with Crippen LogP contribution in [0.15, 0.2) is 42.0 Å². The number of nitrogens with zero attached hydrogens (tertiary/aromatic N) is 1. The van der Waals surface area contributed by atoms with Crippen molar-refractivity contribution < 1.29 is 23.9 Å². The fraction of sp³-hybridized carbons (Fsp3) is 0.150. The Morgan fingerprint density at radius 1 is 1.07 bits per heavy atom. The smallest absolute Gasteiger partial charge is 0.335 e. The van der Waals surface area contributed by atoms with Gasteiger partial charge < -0.3 is 9.47 Å². The minimum atomic E-state index is -0.843. The van der Waals surface area contributed by atoms with E-state index in [9.17, 15) is 14.4 Å². The van der Waals surface area contributed by atoms with E-state index in [1.54, 1.807) is 19.1 Å². The van der Waals surface area contributed by atoms with E-state index in [2.05, 4.69) is 5.32 Å². The Kier molecular flexibility index (Phi) is 6.10. The van der Waals surface area contributed by atoms with Gasteiger partial charge in [-0.25, -0.2) is 9.69 Å². The first kappa shape index (κ1) is 20.7. The normalized spacial score (nSPS) is 15.5. The van der Waals surface area contributed by atoms with E-state index in [0.29, 0.717) is 23.7 Å². The highest BCUT2D eigenvalue weighted by Crippen LogP contribution is 2.35. The zero-order chi connectivity index (χ0) is 21.1. The number of benzene rings is 2. The molecule has 0 atom stereocenters. The quantitative estimate of drug-likeness (QED) is 0.566. The molecule has 1 N–H and O–H groups in total. The molecule has 9 heteroatoms. The van der Waals surface area contributed by atoms with Crippen molar-refractivity contribution in [3.63, 3.8) is 0 Å². The Morgan fingerprint density at radius 3 is 2.24 bits per heavy atom. The van der Waals surface area contributed by atoms with Crippen LogP contribution in [-0.4, -0.2) is 31.6 Å². The number of carbonyl (C=O) groups is 3. The molecule has 2 aromatic rings. The van der Waals surface area contributed by atoms with Crippen LogP contribution in [0.25, 0.3) is 6.08 Å². The summed E-state index contributed by atoms with van der Waals surface area (Å²) in [6, 6.07) is 8.46. The second-order valence-electron chi connectivity index (χ2n) is 5.90. The molecule has 0 bridgehead atoms. The van der Waals surface area contributed by atoms with Gasteiger partial charge in [0.2, 0.25) is 0 Å². The second kappa shape index (κ2) is 8.55. The molecular weight excluding hydrogens is 419 g/mol. The summed E-state index contributed by atoms with van der Waals surface area (Å²) in [6.07, 6.45) is 1.31. The number of amides is 4. The van der Waals surface area contributed by atoms with E-state index >= 15 is 0 Å². The molecule has 0 aromatic heterocycles. The number of ether oxygens (including phenoxy) is 2. The average molecular weight is 435 g/mol. The molecule has 0 radical (unpaired) electrons. The topological polar surface area (TPSA) is 84.9 Å². The Hall–Kier alpha value is -3.03. The number of rotatable bonds is 5. The van der Waals surface area contributed by atoms with Crippen molar-refractivity contribution in [1.29, 1.82) is 0 Å². The molecule has 3 rings (SSSR count). The number of methoxy groups -OCH3 is 1. The molecular formula is C20H16Cl2N2O5. The zero-order valence-corrected chi connectivity index (χ0v) is 17.0. The molecule has 4 amide bonds. The molecule has 0 saturated carbocycles. The minimum absolute atomic E-state index is 0.234. The van der Waals surface area contributed by atoms with Gasteiger partial charge in [0.15, 0.2) is 5.75 Å². The van der Waals surface area contributed by atoms with Gasteiger partial charge in [0.05, 0.1) is 29.4 Å². The highest BCUT2D eigenvalue weighted by molar-refractivity contribution is 6.40. The molecule has 1 saturated heterocycles. The first-order valence-corrected chi connectivity index (χ1v) is 9.28. The van der Waals surface area contributed by atoms with Gasteiger partial charge in [-0.1, -0.05) is 23.2 Å². The number of barbiturate groups is 1. The van der Waals surface area contributed by atoms with Crippen molar-refractivity contribution >= 4 is 52.8 Å². The third kappa shape index (κ3) is 4.21. The maximum absolute atomic E-state index is 12.9. The molecule has 2 aromatic carbocycles. The van der Waals surface area contributed by atoms with Gasteiger partial charge in [-0.2, -0.15) is 0 Å². The number of nitrogens with one attached hydrogen (secondary N) is 1. The van der Waals surface area contributed by atoms with Gasteiger partial charge in [-0.15, -0.1) is 0 Å². The van der Waals surface area contributed by atoms with E-state index < -0.39 is 17.8 Å². The van der Waals surface area contributed by atoms with Crippen molar-refractivity contribution in [3.05, 3.63) is 57.6 Å². The molecule has 150 valence electrons. The predicted octanol–water partition coefficient (Wildman–Crippen LogP) is 4.07. The second-order valence-corrected chi connectivity index (χ2v) is 6.72. The van der Waals surface area contributed by atoms with Crippen molar-refractivity contribution in [1.82, 2.24) is 5.32 Å². The predicted molar refractivity (Wildman–Crippen MR) is 110 cm³/mol. The summed E-state index contributed by atoms with van der Waals surface area (Å²) in [5, 5.41) is 2.62. The van der Waals surface area contributed by atoms with E-state index in [4.69, 9.17) is 32.7 Å². The molecule has 0 unspecified atom stereocenters. The number of hydrogen-bond acceptors (Lipinski definition) is 5. The lowest BCUT2D eigenvalue weighted by Gasteiger charge is -2.26. The first-order chi connectivity index (χ1) is 13.8. The Labute approximate surface area is 176 Å². The SMILES string of the molecule is CCOc1c(Cl)cc(/C=C2\C(=O)NC(=O)N(c3ccc(OC)cc3)C2=O)cc1Cl. The highest BCUT2D eigenvalue weighted by atomic mass is 35.5. The average Bonchev–Trinajstić information content (AvgIpc) is 2.68. The Morgan fingerprint density at radius 2 is 1.69 bits per heavy atom. The van der Waals surface area contributed by atoms with Crippen LogP contribution in [0.5, 0.6) is 11.5 Å². The van der Waals surface area contributed by atoms with Crippen molar-refractivity contribution in [2.24, 2.45) is 0 Å². The van der Waals surface area contributed by atoms with Crippen LogP contribution in [0.4, 0.5) is 10.5 Å². The lowest BCUT2D eigenvalue weighted by molar-refractivity contribution is -0.122. The molecule has 29 heavy (non-hydrogen) atoms. The zero-order valence-electron chi connectivity index (χ0n) is 15.5. The number of urea groups is 1. The number of carbonyl (C=O) groups excluding carboxylic acids is 3. The van der Waals surface area contributed by atoms with Crippen molar-refractivity contribution in [2.75, 3.05) is 18.6 Å². The van der Waals surface area contributed by atoms with Gasteiger partial charge in [-0.05, 0) is 55.0 Å². The summed E-state index contributed by atoms with van der Waals surface area (Å²) in [5.74, 6) is -0.715. The number of hydrogen-bond donors (Lipinski definition) is 1.